The summed E-state index contributed by atoms with van der Waals surface area (Å²) in [5, 5.41) is 6.48. The van der Waals surface area contributed by atoms with Gasteiger partial charge in [-0.15, -0.1) is 0 Å². The van der Waals surface area contributed by atoms with E-state index in [4.69, 9.17) is 16.3 Å². The average molecular weight is 403 g/mol. The van der Waals surface area contributed by atoms with E-state index in [2.05, 4.69) is 32.6 Å². The Morgan fingerprint density at radius 3 is 2.32 bits per heavy atom. The molecule has 0 spiro atoms. The van der Waals surface area contributed by atoms with Crippen molar-refractivity contribution in [3.63, 3.8) is 0 Å². The van der Waals surface area contributed by atoms with E-state index >= 15 is 0 Å². The molecule has 7 heteroatoms. The van der Waals surface area contributed by atoms with Crippen LogP contribution in [-0.4, -0.2) is 63.4 Å². The van der Waals surface area contributed by atoms with Crippen molar-refractivity contribution in [3.05, 3.63) is 59.6 Å². The average Bonchev–Trinajstić information content (AvgIpc) is 2.73. The lowest BCUT2D eigenvalue weighted by Crippen LogP contribution is -2.49. The standard InChI is InChI=1S/C21H27ClN4O2/c22-18-6-8-19(9-7-18)26-15-13-25(14-16-26)12-10-23-21(27)24-11-17-28-20-4-2-1-3-5-20/h1-9H,10-17H2,(H2,23,24,27). The van der Waals surface area contributed by atoms with Crippen LogP contribution in [0.25, 0.3) is 0 Å². The van der Waals surface area contributed by atoms with Crippen LogP contribution in [-0.2, 0) is 0 Å². The lowest BCUT2D eigenvalue weighted by molar-refractivity contribution is 0.229. The van der Waals surface area contributed by atoms with Gasteiger partial charge in [0, 0.05) is 50.0 Å². The van der Waals surface area contributed by atoms with Gasteiger partial charge in [-0.1, -0.05) is 29.8 Å². The summed E-state index contributed by atoms with van der Waals surface area (Å²) in [7, 11) is 0. The van der Waals surface area contributed by atoms with Gasteiger partial charge in [0.25, 0.3) is 0 Å². The number of urea groups is 1. The number of para-hydroxylation sites is 1. The van der Waals surface area contributed by atoms with Crippen molar-refractivity contribution in [2.75, 3.05) is 57.3 Å². The summed E-state index contributed by atoms with van der Waals surface area (Å²) in [6.45, 7) is 6.32. The zero-order valence-corrected chi connectivity index (χ0v) is 16.7. The van der Waals surface area contributed by atoms with Gasteiger partial charge >= 0.3 is 6.03 Å². The second kappa shape index (κ2) is 10.8. The summed E-state index contributed by atoms with van der Waals surface area (Å²) in [5.74, 6) is 0.808. The number of nitrogens with one attached hydrogen (secondary N) is 2. The van der Waals surface area contributed by atoms with Crippen molar-refractivity contribution in [2.45, 2.75) is 0 Å². The maximum absolute atomic E-state index is 11.8. The van der Waals surface area contributed by atoms with Crippen LogP contribution in [0.15, 0.2) is 54.6 Å². The SMILES string of the molecule is O=C(NCCOc1ccccc1)NCCN1CCN(c2ccc(Cl)cc2)CC1. The number of halogens is 1. The zero-order chi connectivity index (χ0) is 19.6. The lowest BCUT2D eigenvalue weighted by atomic mass is 10.2. The molecule has 0 aromatic heterocycles. The molecule has 0 saturated carbocycles. The van der Waals surface area contributed by atoms with Crippen molar-refractivity contribution in [1.29, 1.82) is 0 Å². The molecule has 150 valence electrons. The van der Waals surface area contributed by atoms with Crippen LogP contribution >= 0.6 is 11.6 Å². The van der Waals surface area contributed by atoms with E-state index < -0.39 is 0 Å². The Labute approximate surface area is 171 Å². The van der Waals surface area contributed by atoms with Crippen LogP contribution in [0.4, 0.5) is 10.5 Å². The highest BCUT2D eigenvalue weighted by Gasteiger charge is 2.16. The van der Waals surface area contributed by atoms with Crippen LogP contribution < -0.4 is 20.3 Å². The first-order valence-electron chi connectivity index (χ1n) is 9.63. The van der Waals surface area contributed by atoms with Gasteiger partial charge in [0.2, 0.25) is 0 Å². The Hall–Kier alpha value is -2.44. The van der Waals surface area contributed by atoms with Gasteiger partial charge in [-0.3, -0.25) is 4.90 Å². The van der Waals surface area contributed by atoms with Gasteiger partial charge in [-0.05, 0) is 36.4 Å². The lowest BCUT2D eigenvalue weighted by Gasteiger charge is -2.36. The minimum atomic E-state index is -0.156. The molecule has 1 saturated heterocycles. The molecule has 2 aromatic carbocycles. The highest BCUT2D eigenvalue weighted by molar-refractivity contribution is 6.30. The van der Waals surface area contributed by atoms with Gasteiger partial charge in [-0.2, -0.15) is 0 Å². The number of ether oxygens (including phenoxy) is 1. The summed E-state index contributed by atoms with van der Waals surface area (Å²) in [6.07, 6.45) is 0. The quantitative estimate of drug-likeness (QED) is 0.667. The molecule has 3 rings (SSSR count). The number of amides is 2. The first-order valence-corrected chi connectivity index (χ1v) is 10.0. The predicted molar refractivity (Wildman–Crippen MR) is 113 cm³/mol. The molecule has 0 unspecified atom stereocenters. The van der Waals surface area contributed by atoms with E-state index in [9.17, 15) is 4.79 Å². The Kier molecular flexibility index (Phi) is 7.82. The minimum Gasteiger partial charge on any atom is -0.492 e. The van der Waals surface area contributed by atoms with E-state index in [1.807, 2.05) is 42.5 Å². The highest BCUT2D eigenvalue weighted by atomic mass is 35.5. The smallest absolute Gasteiger partial charge is 0.314 e. The van der Waals surface area contributed by atoms with Gasteiger partial charge in [0.1, 0.15) is 12.4 Å². The first-order chi connectivity index (χ1) is 13.7. The van der Waals surface area contributed by atoms with Gasteiger partial charge in [0.05, 0.1) is 6.54 Å². The van der Waals surface area contributed by atoms with Crippen molar-refractivity contribution in [2.24, 2.45) is 0 Å². The summed E-state index contributed by atoms with van der Waals surface area (Å²) in [4.78, 5) is 16.6. The van der Waals surface area contributed by atoms with E-state index in [0.29, 0.717) is 19.7 Å². The molecule has 1 heterocycles. The molecule has 0 aliphatic carbocycles. The van der Waals surface area contributed by atoms with E-state index in [-0.39, 0.29) is 6.03 Å². The number of anilines is 1. The van der Waals surface area contributed by atoms with Crippen LogP contribution in [0.3, 0.4) is 0 Å². The number of rotatable bonds is 8. The minimum absolute atomic E-state index is 0.156. The molecular weight excluding hydrogens is 376 g/mol. The summed E-state index contributed by atoms with van der Waals surface area (Å²) in [6, 6.07) is 17.4. The number of benzene rings is 2. The van der Waals surface area contributed by atoms with Crippen molar-refractivity contribution in [1.82, 2.24) is 15.5 Å². The Morgan fingerprint density at radius 1 is 0.929 bits per heavy atom. The fourth-order valence-electron chi connectivity index (χ4n) is 3.12. The molecule has 1 fully saturated rings. The van der Waals surface area contributed by atoms with Crippen molar-refractivity contribution < 1.29 is 9.53 Å². The number of hydrogen-bond donors (Lipinski definition) is 2. The van der Waals surface area contributed by atoms with E-state index in [1.54, 1.807) is 0 Å². The molecule has 0 bridgehead atoms. The largest absolute Gasteiger partial charge is 0.492 e. The second-order valence-corrected chi connectivity index (χ2v) is 7.09. The number of hydrogen-bond acceptors (Lipinski definition) is 4. The number of piperazine rings is 1. The van der Waals surface area contributed by atoms with Crippen LogP contribution in [0, 0.1) is 0 Å². The summed E-state index contributed by atoms with van der Waals surface area (Å²) >= 11 is 5.95. The normalized spacial score (nSPS) is 14.5. The molecule has 28 heavy (non-hydrogen) atoms. The number of nitrogens with zero attached hydrogens (tertiary/aromatic N) is 2. The van der Waals surface area contributed by atoms with Crippen molar-refractivity contribution >= 4 is 23.3 Å². The molecule has 0 atom stereocenters. The maximum Gasteiger partial charge on any atom is 0.314 e. The van der Waals surface area contributed by atoms with Gasteiger partial charge in [-0.25, -0.2) is 4.79 Å². The molecule has 0 radical (unpaired) electrons. The molecule has 1 aliphatic rings. The van der Waals surface area contributed by atoms with Crippen LogP contribution in [0.5, 0.6) is 5.75 Å². The third-order valence-corrected chi connectivity index (χ3v) is 4.93. The molecule has 6 nitrogen and oxygen atoms in total. The maximum atomic E-state index is 11.8. The monoisotopic (exact) mass is 402 g/mol. The highest BCUT2D eigenvalue weighted by Crippen LogP contribution is 2.19. The molecule has 1 aliphatic heterocycles. The first kappa shape index (κ1) is 20.3. The topological polar surface area (TPSA) is 56.8 Å². The summed E-state index contributed by atoms with van der Waals surface area (Å²) < 4.78 is 5.55. The molecular formula is C21H27ClN4O2. The second-order valence-electron chi connectivity index (χ2n) is 6.65. The number of carbonyl (C=O) groups excluding carboxylic acids is 1. The summed E-state index contributed by atoms with van der Waals surface area (Å²) in [5.41, 5.74) is 1.21. The van der Waals surface area contributed by atoms with Gasteiger partial charge in [0.15, 0.2) is 0 Å². The Balaban J connectivity index is 1.24. The predicted octanol–water partition coefficient (Wildman–Crippen LogP) is 2.84. The van der Waals surface area contributed by atoms with Gasteiger partial charge < -0.3 is 20.3 Å². The zero-order valence-electron chi connectivity index (χ0n) is 15.9. The fraction of sp³-hybridized carbons (Fsp3) is 0.381. The number of carbonyl (C=O) groups is 1. The Morgan fingerprint density at radius 2 is 1.61 bits per heavy atom. The molecule has 2 amide bonds. The van der Waals surface area contributed by atoms with Crippen LogP contribution in [0.1, 0.15) is 0 Å². The van der Waals surface area contributed by atoms with Crippen LogP contribution in [0.2, 0.25) is 5.02 Å². The van der Waals surface area contributed by atoms with E-state index in [1.165, 1.54) is 5.69 Å². The fourth-order valence-corrected chi connectivity index (χ4v) is 3.25. The Bertz CT molecular complexity index is 719. The van der Waals surface area contributed by atoms with Crippen molar-refractivity contribution in [3.8, 4) is 5.75 Å². The molecule has 2 N–H and O–H groups in total. The molecule has 2 aromatic rings. The third-order valence-electron chi connectivity index (χ3n) is 4.68. The third kappa shape index (κ3) is 6.62. The van der Waals surface area contributed by atoms with E-state index in [0.717, 1.165) is 43.5 Å².